The topological polar surface area (TPSA) is 77.5 Å². The summed E-state index contributed by atoms with van der Waals surface area (Å²) in [5.74, 6) is -3.84. The number of carbonyl (C=O) groups excluding carboxylic acids is 2. The van der Waals surface area contributed by atoms with Crippen molar-refractivity contribution in [2.75, 3.05) is 18.6 Å². The van der Waals surface area contributed by atoms with E-state index in [1.807, 2.05) is 0 Å². The molecule has 0 fully saturated rings. The summed E-state index contributed by atoms with van der Waals surface area (Å²) in [4.78, 5) is 22.4. The number of sulfone groups is 1. The van der Waals surface area contributed by atoms with Gasteiger partial charge in [-0.1, -0.05) is 18.2 Å². The maximum Gasteiger partial charge on any atom is 0.320 e. The standard InChI is InChI=1S/C12H13FO5S/c1-18-12(15)8-19(16,17)7-10(14)6-9-4-2-3-5-11(9)13/h2-5H,6-8H2,1H3. The van der Waals surface area contributed by atoms with Crippen molar-refractivity contribution < 1.29 is 27.1 Å². The summed E-state index contributed by atoms with van der Waals surface area (Å²) in [7, 11) is -2.82. The fourth-order valence-electron chi connectivity index (χ4n) is 1.44. The largest absolute Gasteiger partial charge is 0.468 e. The summed E-state index contributed by atoms with van der Waals surface area (Å²) in [5, 5.41) is 0. The lowest BCUT2D eigenvalue weighted by Gasteiger charge is -2.04. The molecule has 0 heterocycles. The summed E-state index contributed by atoms with van der Waals surface area (Å²) in [6.45, 7) is 0. The Kier molecular flexibility index (Phi) is 5.17. The van der Waals surface area contributed by atoms with Gasteiger partial charge >= 0.3 is 5.97 Å². The predicted octanol–water partition coefficient (Wildman–Crippen LogP) is 0.525. The lowest BCUT2D eigenvalue weighted by Crippen LogP contribution is -2.25. The van der Waals surface area contributed by atoms with E-state index in [-0.39, 0.29) is 12.0 Å². The van der Waals surface area contributed by atoms with Crippen LogP contribution >= 0.6 is 0 Å². The molecule has 0 spiro atoms. The van der Waals surface area contributed by atoms with E-state index in [1.165, 1.54) is 18.2 Å². The van der Waals surface area contributed by atoms with Gasteiger partial charge in [0.15, 0.2) is 15.6 Å². The van der Waals surface area contributed by atoms with Gasteiger partial charge in [0.2, 0.25) is 0 Å². The lowest BCUT2D eigenvalue weighted by atomic mass is 10.1. The summed E-state index contributed by atoms with van der Waals surface area (Å²) in [5.41, 5.74) is 0.126. The van der Waals surface area contributed by atoms with Crippen molar-refractivity contribution in [1.82, 2.24) is 0 Å². The zero-order valence-corrected chi connectivity index (χ0v) is 11.1. The normalized spacial score (nSPS) is 11.1. The second-order valence-electron chi connectivity index (χ2n) is 3.92. The first-order valence-corrected chi connectivity index (χ1v) is 7.18. The van der Waals surface area contributed by atoms with Gasteiger partial charge in [0, 0.05) is 6.42 Å². The van der Waals surface area contributed by atoms with Gasteiger partial charge in [0.1, 0.15) is 17.3 Å². The molecule has 0 aliphatic heterocycles. The number of ether oxygens (including phenoxy) is 1. The van der Waals surface area contributed by atoms with Crippen LogP contribution in [0.5, 0.6) is 0 Å². The van der Waals surface area contributed by atoms with Crippen LogP contribution in [-0.2, 0) is 30.6 Å². The highest BCUT2D eigenvalue weighted by molar-refractivity contribution is 7.92. The highest BCUT2D eigenvalue weighted by Crippen LogP contribution is 2.08. The Hall–Kier alpha value is -1.76. The molecule has 0 bridgehead atoms. The molecule has 1 aromatic rings. The highest BCUT2D eigenvalue weighted by atomic mass is 32.2. The van der Waals surface area contributed by atoms with Crippen LogP contribution in [0.25, 0.3) is 0 Å². The van der Waals surface area contributed by atoms with Crippen LogP contribution < -0.4 is 0 Å². The molecule has 19 heavy (non-hydrogen) atoms. The van der Waals surface area contributed by atoms with Crippen molar-refractivity contribution in [2.24, 2.45) is 0 Å². The van der Waals surface area contributed by atoms with Gasteiger partial charge in [-0.25, -0.2) is 12.8 Å². The molecule has 0 radical (unpaired) electrons. The van der Waals surface area contributed by atoms with Gasteiger partial charge in [-0.2, -0.15) is 0 Å². The van der Waals surface area contributed by atoms with E-state index < -0.39 is 38.9 Å². The van der Waals surface area contributed by atoms with Crippen LogP contribution in [0.3, 0.4) is 0 Å². The minimum Gasteiger partial charge on any atom is -0.468 e. The lowest BCUT2D eigenvalue weighted by molar-refractivity contribution is -0.137. The minimum atomic E-state index is -3.87. The highest BCUT2D eigenvalue weighted by Gasteiger charge is 2.21. The van der Waals surface area contributed by atoms with Crippen LogP contribution in [0.15, 0.2) is 24.3 Å². The van der Waals surface area contributed by atoms with E-state index in [1.54, 1.807) is 6.07 Å². The quantitative estimate of drug-likeness (QED) is 0.713. The SMILES string of the molecule is COC(=O)CS(=O)(=O)CC(=O)Cc1ccccc1F. The van der Waals surface area contributed by atoms with Crippen molar-refractivity contribution in [3.05, 3.63) is 35.6 Å². The van der Waals surface area contributed by atoms with E-state index in [0.717, 1.165) is 7.11 Å². The number of carbonyl (C=O) groups is 2. The average molecular weight is 288 g/mol. The Labute approximate surface area is 110 Å². The van der Waals surface area contributed by atoms with Gasteiger partial charge in [-0.15, -0.1) is 0 Å². The fourth-order valence-corrected chi connectivity index (χ4v) is 2.61. The van der Waals surface area contributed by atoms with Crippen LogP contribution in [0.1, 0.15) is 5.56 Å². The Morgan fingerprint density at radius 2 is 1.84 bits per heavy atom. The smallest absolute Gasteiger partial charge is 0.320 e. The molecular weight excluding hydrogens is 275 g/mol. The molecule has 0 atom stereocenters. The Balaban J connectivity index is 2.66. The number of ketones is 1. The number of Topliss-reactive ketones (excluding diaryl/α,β-unsaturated/α-hetero) is 1. The van der Waals surface area contributed by atoms with Crippen LogP contribution in [0.2, 0.25) is 0 Å². The minimum absolute atomic E-state index is 0.126. The summed E-state index contributed by atoms with van der Waals surface area (Å²) in [6, 6.07) is 5.61. The van der Waals surface area contributed by atoms with Gasteiger partial charge < -0.3 is 4.74 Å². The van der Waals surface area contributed by atoms with E-state index in [0.29, 0.717) is 0 Å². The van der Waals surface area contributed by atoms with E-state index in [4.69, 9.17) is 0 Å². The second-order valence-corrected chi connectivity index (χ2v) is 5.98. The second kappa shape index (κ2) is 6.42. The molecule has 0 aliphatic rings. The molecule has 0 amide bonds. The number of hydrogen-bond acceptors (Lipinski definition) is 5. The first-order chi connectivity index (χ1) is 8.84. The molecule has 0 saturated heterocycles. The summed E-state index contributed by atoms with van der Waals surface area (Å²) in [6.07, 6.45) is -0.326. The number of methoxy groups -OCH3 is 1. The summed E-state index contributed by atoms with van der Waals surface area (Å²) < 4.78 is 40.4. The molecule has 104 valence electrons. The maximum absolute atomic E-state index is 13.3. The first kappa shape index (κ1) is 15.3. The monoisotopic (exact) mass is 288 g/mol. The predicted molar refractivity (Wildman–Crippen MR) is 65.8 cm³/mol. The molecule has 7 heteroatoms. The maximum atomic E-state index is 13.3. The van der Waals surface area contributed by atoms with E-state index >= 15 is 0 Å². The van der Waals surface area contributed by atoms with Crippen LogP contribution in [-0.4, -0.2) is 38.8 Å². The van der Waals surface area contributed by atoms with Crippen LogP contribution in [0.4, 0.5) is 4.39 Å². The van der Waals surface area contributed by atoms with Crippen LogP contribution in [0, 0.1) is 5.82 Å². The molecular formula is C12H13FO5S. The van der Waals surface area contributed by atoms with Gasteiger partial charge in [0.05, 0.1) is 7.11 Å². The Bertz CT molecular complexity index is 580. The third-order valence-corrected chi connectivity index (χ3v) is 3.73. The fraction of sp³-hybridized carbons (Fsp3) is 0.333. The number of esters is 1. The molecule has 5 nitrogen and oxygen atoms in total. The van der Waals surface area contributed by atoms with Gasteiger partial charge in [-0.3, -0.25) is 9.59 Å². The molecule has 0 aliphatic carbocycles. The molecule has 1 rings (SSSR count). The zero-order valence-electron chi connectivity index (χ0n) is 10.3. The Morgan fingerprint density at radius 1 is 1.21 bits per heavy atom. The van der Waals surface area contributed by atoms with E-state index in [2.05, 4.69) is 4.74 Å². The average Bonchev–Trinajstić information content (AvgIpc) is 2.30. The third-order valence-electron chi connectivity index (χ3n) is 2.29. The van der Waals surface area contributed by atoms with E-state index in [9.17, 15) is 22.4 Å². The van der Waals surface area contributed by atoms with Crippen molar-refractivity contribution in [3.63, 3.8) is 0 Å². The molecule has 0 saturated carbocycles. The van der Waals surface area contributed by atoms with Gasteiger partial charge in [0.25, 0.3) is 0 Å². The van der Waals surface area contributed by atoms with Gasteiger partial charge in [-0.05, 0) is 11.6 Å². The molecule has 0 N–H and O–H groups in total. The van der Waals surface area contributed by atoms with Crippen molar-refractivity contribution in [3.8, 4) is 0 Å². The molecule has 0 unspecified atom stereocenters. The molecule has 1 aromatic carbocycles. The third kappa shape index (κ3) is 5.17. The van der Waals surface area contributed by atoms with Crippen molar-refractivity contribution >= 4 is 21.6 Å². The first-order valence-electron chi connectivity index (χ1n) is 5.36. The van der Waals surface area contributed by atoms with Crippen molar-refractivity contribution in [2.45, 2.75) is 6.42 Å². The molecule has 0 aromatic heterocycles. The summed E-state index contributed by atoms with van der Waals surface area (Å²) >= 11 is 0. The zero-order chi connectivity index (χ0) is 14.5. The number of halogens is 1. The Morgan fingerprint density at radius 3 is 2.42 bits per heavy atom. The van der Waals surface area contributed by atoms with Crippen molar-refractivity contribution in [1.29, 1.82) is 0 Å². The number of rotatable bonds is 6. The number of hydrogen-bond donors (Lipinski definition) is 0. The number of benzene rings is 1.